The van der Waals surface area contributed by atoms with Gasteiger partial charge in [-0.05, 0) is 30.8 Å². The highest BCUT2D eigenvalue weighted by molar-refractivity contribution is 5.24. The summed E-state index contributed by atoms with van der Waals surface area (Å²) in [5.74, 6) is -2.08. The molecule has 1 unspecified atom stereocenters. The molecule has 0 fully saturated rings. The van der Waals surface area contributed by atoms with E-state index in [1.807, 2.05) is 4.90 Å². The Morgan fingerprint density at radius 3 is 2.33 bits per heavy atom. The lowest BCUT2D eigenvalue weighted by Gasteiger charge is -2.27. The molecule has 0 aliphatic heterocycles. The summed E-state index contributed by atoms with van der Waals surface area (Å²) in [5.41, 5.74) is 6.81. The molecule has 2 N–H and O–H groups in total. The smallest absolute Gasteiger partial charge is 0.163 e. The van der Waals surface area contributed by atoms with Crippen LogP contribution < -0.4 is 5.73 Å². The Bertz CT molecular complexity index is 599. The van der Waals surface area contributed by atoms with Crippen molar-refractivity contribution in [1.82, 2.24) is 4.90 Å². The van der Waals surface area contributed by atoms with Gasteiger partial charge in [-0.2, -0.15) is 0 Å². The Morgan fingerprint density at radius 2 is 1.71 bits per heavy atom. The topological polar surface area (TPSA) is 29.3 Å². The molecule has 2 rings (SSSR count). The van der Waals surface area contributed by atoms with Crippen LogP contribution in [0.4, 0.5) is 13.2 Å². The molecule has 2 aromatic rings. The number of benzene rings is 2. The third-order valence-corrected chi connectivity index (χ3v) is 3.44. The van der Waals surface area contributed by atoms with Crippen LogP contribution in [-0.4, -0.2) is 18.5 Å². The molecule has 1 atom stereocenters. The first-order valence-electron chi connectivity index (χ1n) is 6.61. The molecule has 0 aromatic heterocycles. The van der Waals surface area contributed by atoms with Gasteiger partial charge in [0.15, 0.2) is 11.6 Å². The number of hydrogen-bond donors (Lipinski definition) is 1. The lowest BCUT2D eigenvalue weighted by molar-refractivity contribution is 0.235. The molecule has 0 radical (unpaired) electrons. The maximum atomic E-state index is 13.9. The predicted octanol–water partition coefficient (Wildman–Crippen LogP) is 3.24. The van der Waals surface area contributed by atoms with Crippen molar-refractivity contribution in [3.8, 4) is 0 Å². The molecule has 2 aromatic carbocycles. The summed E-state index contributed by atoms with van der Waals surface area (Å²) >= 11 is 0. The fourth-order valence-electron chi connectivity index (χ4n) is 2.31. The molecule has 0 aliphatic rings. The van der Waals surface area contributed by atoms with Crippen molar-refractivity contribution in [3.63, 3.8) is 0 Å². The second-order valence-corrected chi connectivity index (χ2v) is 4.94. The molecule has 0 aliphatic carbocycles. The Balaban J connectivity index is 2.20. The summed E-state index contributed by atoms with van der Waals surface area (Å²) in [5, 5.41) is 0. The third kappa shape index (κ3) is 3.62. The average molecular weight is 294 g/mol. The van der Waals surface area contributed by atoms with Gasteiger partial charge in [0.1, 0.15) is 5.82 Å². The third-order valence-electron chi connectivity index (χ3n) is 3.44. The Morgan fingerprint density at radius 1 is 1.05 bits per heavy atom. The lowest BCUT2D eigenvalue weighted by Crippen LogP contribution is -2.31. The molecular weight excluding hydrogens is 277 g/mol. The maximum Gasteiger partial charge on any atom is 0.163 e. The first-order chi connectivity index (χ1) is 10.0. The van der Waals surface area contributed by atoms with E-state index in [-0.39, 0.29) is 17.9 Å². The van der Waals surface area contributed by atoms with Crippen molar-refractivity contribution in [3.05, 3.63) is 71.0 Å². The van der Waals surface area contributed by atoms with Crippen molar-refractivity contribution in [2.45, 2.75) is 12.6 Å². The number of nitrogens with two attached hydrogens (primary N) is 1. The largest absolute Gasteiger partial charge is 0.329 e. The minimum atomic E-state index is -0.888. The quantitative estimate of drug-likeness (QED) is 0.917. The van der Waals surface area contributed by atoms with Crippen LogP contribution in [0, 0.1) is 17.5 Å². The fraction of sp³-hybridized carbons (Fsp3) is 0.250. The van der Waals surface area contributed by atoms with Crippen LogP contribution >= 0.6 is 0 Å². The normalized spacial score (nSPS) is 12.7. The summed E-state index contributed by atoms with van der Waals surface area (Å²) in [6.07, 6.45) is 0. The lowest BCUT2D eigenvalue weighted by atomic mass is 10.0. The zero-order chi connectivity index (χ0) is 15.4. The highest BCUT2D eigenvalue weighted by Crippen LogP contribution is 2.24. The number of rotatable bonds is 5. The molecule has 0 bridgehead atoms. The summed E-state index contributed by atoms with van der Waals surface area (Å²) in [7, 11) is 1.77. The molecule has 0 saturated carbocycles. The summed E-state index contributed by atoms with van der Waals surface area (Å²) in [6.45, 7) is 0.607. The molecule has 21 heavy (non-hydrogen) atoms. The van der Waals surface area contributed by atoms with Gasteiger partial charge < -0.3 is 5.73 Å². The SMILES string of the molecule is CN(Cc1ccc(F)cc1)C(CN)c1cccc(F)c1F. The van der Waals surface area contributed by atoms with E-state index in [9.17, 15) is 13.2 Å². The standard InChI is InChI=1S/C16H17F3N2/c1-21(10-11-5-7-12(17)8-6-11)15(9-20)13-3-2-4-14(18)16(13)19/h2-8,15H,9-10,20H2,1H3. The zero-order valence-electron chi connectivity index (χ0n) is 11.7. The van der Waals surface area contributed by atoms with E-state index in [1.165, 1.54) is 24.3 Å². The van der Waals surface area contributed by atoms with Gasteiger partial charge in [0, 0.05) is 18.7 Å². The minimum Gasteiger partial charge on any atom is -0.329 e. The monoisotopic (exact) mass is 294 g/mol. The van der Waals surface area contributed by atoms with Gasteiger partial charge in [-0.3, -0.25) is 4.90 Å². The van der Waals surface area contributed by atoms with Gasteiger partial charge in [0.05, 0.1) is 6.04 Å². The number of nitrogens with zero attached hydrogens (tertiary/aromatic N) is 1. The van der Waals surface area contributed by atoms with Gasteiger partial charge in [-0.15, -0.1) is 0 Å². The second-order valence-electron chi connectivity index (χ2n) is 4.94. The molecule has 0 heterocycles. The predicted molar refractivity (Wildman–Crippen MR) is 76.0 cm³/mol. The minimum absolute atomic E-state index is 0.151. The van der Waals surface area contributed by atoms with E-state index in [4.69, 9.17) is 5.73 Å². The van der Waals surface area contributed by atoms with Crippen molar-refractivity contribution in [2.24, 2.45) is 5.73 Å². The Hall–Kier alpha value is -1.85. The molecule has 0 spiro atoms. The van der Waals surface area contributed by atoms with E-state index in [1.54, 1.807) is 19.2 Å². The van der Waals surface area contributed by atoms with Crippen LogP contribution in [0.2, 0.25) is 0 Å². The fourth-order valence-corrected chi connectivity index (χ4v) is 2.31. The van der Waals surface area contributed by atoms with Crippen LogP contribution in [-0.2, 0) is 6.54 Å². The van der Waals surface area contributed by atoms with Crippen molar-refractivity contribution in [2.75, 3.05) is 13.6 Å². The first kappa shape index (κ1) is 15.5. The van der Waals surface area contributed by atoms with E-state index in [0.717, 1.165) is 11.6 Å². The van der Waals surface area contributed by atoms with Gasteiger partial charge in [-0.1, -0.05) is 24.3 Å². The Kier molecular flexibility index (Phi) is 4.98. The van der Waals surface area contributed by atoms with Crippen molar-refractivity contribution < 1.29 is 13.2 Å². The first-order valence-corrected chi connectivity index (χ1v) is 6.61. The van der Waals surface area contributed by atoms with E-state index >= 15 is 0 Å². The highest BCUT2D eigenvalue weighted by atomic mass is 19.2. The second kappa shape index (κ2) is 6.74. The summed E-state index contributed by atoms with van der Waals surface area (Å²) < 4.78 is 40.1. The van der Waals surface area contributed by atoms with E-state index in [0.29, 0.717) is 6.54 Å². The molecule has 112 valence electrons. The number of hydrogen-bond acceptors (Lipinski definition) is 2. The number of halogens is 3. The highest BCUT2D eigenvalue weighted by Gasteiger charge is 2.21. The zero-order valence-corrected chi connectivity index (χ0v) is 11.7. The van der Waals surface area contributed by atoms with Gasteiger partial charge in [0.2, 0.25) is 0 Å². The van der Waals surface area contributed by atoms with E-state index in [2.05, 4.69) is 0 Å². The van der Waals surface area contributed by atoms with Crippen LogP contribution in [0.5, 0.6) is 0 Å². The van der Waals surface area contributed by atoms with Crippen LogP contribution in [0.1, 0.15) is 17.2 Å². The molecule has 0 amide bonds. The Labute approximate surface area is 122 Å². The molecule has 5 heteroatoms. The molecule has 2 nitrogen and oxygen atoms in total. The maximum absolute atomic E-state index is 13.9. The van der Waals surface area contributed by atoms with Gasteiger partial charge >= 0.3 is 0 Å². The molecular formula is C16H17F3N2. The summed E-state index contributed by atoms with van der Waals surface area (Å²) in [4.78, 5) is 1.81. The van der Waals surface area contributed by atoms with Gasteiger partial charge in [-0.25, -0.2) is 13.2 Å². The van der Waals surface area contributed by atoms with Crippen LogP contribution in [0.25, 0.3) is 0 Å². The van der Waals surface area contributed by atoms with Crippen LogP contribution in [0.15, 0.2) is 42.5 Å². The van der Waals surface area contributed by atoms with Crippen molar-refractivity contribution in [1.29, 1.82) is 0 Å². The molecule has 0 saturated heterocycles. The number of likely N-dealkylation sites (N-methyl/N-ethyl adjacent to an activating group) is 1. The summed E-state index contributed by atoms with van der Waals surface area (Å²) in [6, 6.07) is 9.65. The average Bonchev–Trinajstić information content (AvgIpc) is 2.47. The van der Waals surface area contributed by atoms with Gasteiger partial charge in [0.25, 0.3) is 0 Å². The van der Waals surface area contributed by atoms with Crippen molar-refractivity contribution >= 4 is 0 Å². The van der Waals surface area contributed by atoms with E-state index < -0.39 is 17.7 Å². The van der Waals surface area contributed by atoms with Crippen LogP contribution in [0.3, 0.4) is 0 Å².